The molecule has 0 radical (unpaired) electrons. The molecule has 2 aromatic rings. The minimum absolute atomic E-state index is 0.0479. The van der Waals surface area contributed by atoms with Crippen molar-refractivity contribution in [3.8, 4) is 5.75 Å². The first kappa shape index (κ1) is 29.9. The molecular formula is C28H36N6O7. The number of ether oxygens (including phenoxy) is 1. The second-order valence-electron chi connectivity index (χ2n) is 10.0. The summed E-state index contributed by atoms with van der Waals surface area (Å²) < 4.78 is 5.61. The van der Waals surface area contributed by atoms with Crippen LogP contribution in [0.25, 0.3) is 0 Å². The molecule has 0 bridgehead atoms. The van der Waals surface area contributed by atoms with E-state index in [2.05, 4.69) is 31.3 Å². The number of aliphatic carboxylic acids is 1. The Morgan fingerprint density at radius 2 is 2.00 bits per heavy atom. The van der Waals surface area contributed by atoms with Gasteiger partial charge < -0.3 is 41.1 Å². The molecule has 13 heteroatoms. The van der Waals surface area contributed by atoms with E-state index >= 15 is 0 Å². The number of rotatable bonds is 12. The zero-order chi connectivity index (χ0) is 29.5. The quantitative estimate of drug-likeness (QED) is 0.183. The molecule has 5 unspecified atom stereocenters. The lowest BCUT2D eigenvalue weighted by atomic mass is 10.0. The summed E-state index contributed by atoms with van der Waals surface area (Å²) in [5, 5.41) is 51.6. The van der Waals surface area contributed by atoms with Gasteiger partial charge in [-0.05, 0) is 37.1 Å². The molecule has 2 aliphatic rings. The largest absolute Gasteiger partial charge is 0.508 e. The number of methoxy groups -OCH3 is 1. The number of nitrogens with zero attached hydrogens (tertiary/aromatic N) is 2. The van der Waals surface area contributed by atoms with Gasteiger partial charge in [-0.15, -0.1) is 0 Å². The summed E-state index contributed by atoms with van der Waals surface area (Å²) in [7, 11) is 1.57. The zero-order valence-electron chi connectivity index (χ0n) is 22.9. The van der Waals surface area contributed by atoms with Gasteiger partial charge in [0, 0.05) is 50.0 Å². The molecule has 4 rings (SSSR count). The van der Waals surface area contributed by atoms with Crippen molar-refractivity contribution >= 4 is 34.9 Å². The first-order valence-corrected chi connectivity index (χ1v) is 13.4. The van der Waals surface area contributed by atoms with Crippen molar-refractivity contribution < 1.29 is 34.8 Å². The number of para-hydroxylation sites is 1. The van der Waals surface area contributed by atoms with Crippen molar-refractivity contribution in [3.05, 3.63) is 53.6 Å². The van der Waals surface area contributed by atoms with Gasteiger partial charge in [0.15, 0.2) is 5.96 Å². The second kappa shape index (κ2) is 13.5. The number of aromatic hydroxyl groups is 1. The minimum Gasteiger partial charge on any atom is -0.508 e. The van der Waals surface area contributed by atoms with Crippen molar-refractivity contribution in [2.24, 2.45) is 9.98 Å². The SMILES string of the molecule is COC1C(C(C)NC(CNC(=O)CCC(O)c2cc(O)cc(NC3=NCC(O)CN3)c2)C(=O)O)=Nc2ccccc21. The Hall–Kier alpha value is -4.04. The first-order valence-electron chi connectivity index (χ1n) is 13.4. The van der Waals surface area contributed by atoms with E-state index in [4.69, 9.17) is 4.74 Å². The molecule has 13 nitrogen and oxygen atoms in total. The normalized spacial score (nSPS) is 20.1. The molecule has 8 N–H and O–H groups in total. The highest BCUT2D eigenvalue weighted by Crippen LogP contribution is 2.36. The Bertz CT molecular complexity index is 1320. The number of aliphatic imine (C=N–C) groups is 2. The van der Waals surface area contributed by atoms with Gasteiger partial charge in [-0.2, -0.15) is 0 Å². The predicted octanol–water partition coefficient (Wildman–Crippen LogP) is 0.959. The number of β-amino-alcohol motifs (C(OH)–C–C–N with tert-alkyl or cyclic N) is 1. The average molecular weight is 569 g/mol. The van der Waals surface area contributed by atoms with Gasteiger partial charge >= 0.3 is 5.97 Å². The number of anilines is 1. The van der Waals surface area contributed by atoms with E-state index in [1.54, 1.807) is 20.1 Å². The Labute approximate surface area is 237 Å². The third-order valence-corrected chi connectivity index (χ3v) is 6.87. The lowest BCUT2D eigenvalue weighted by molar-refractivity contribution is -0.139. The minimum atomic E-state index is -1.13. The smallest absolute Gasteiger partial charge is 0.322 e. The van der Waals surface area contributed by atoms with Crippen LogP contribution in [0.2, 0.25) is 0 Å². The number of carboxylic acid groups (broad SMARTS) is 1. The highest BCUT2D eigenvalue weighted by Gasteiger charge is 2.32. The fourth-order valence-electron chi connectivity index (χ4n) is 4.73. The maximum Gasteiger partial charge on any atom is 0.322 e. The lowest BCUT2D eigenvalue weighted by Crippen LogP contribution is -2.51. The highest BCUT2D eigenvalue weighted by atomic mass is 16.5. The second-order valence-corrected chi connectivity index (χ2v) is 10.0. The Balaban J connectivity index is 1.28. The molecule has 1 amide bonds. The maximum absolute atomic E-state index is 12.5. The van der Waals surface area contributed by atoms with Gasteiger partial charge in [-0.1, -0.05) is 18.2 Å². The van der Waals surface area contributed by atoms with Gasteiger partial charge in [-0.3, -0.25) is 24.9 Å². The Kier molecular flexibility index (Phi) is 9.89. The van der Waals surface area contributed by atoms with Gasteiger partial charge in [-0.25, -0.2) is 0 Å². The number of hydrogen-bond acceptors (Lipinski definition) is 11. The standard InChI is InChI=1S/C28H36N6O7/c1-15(25-26(41-2)20-5-3-4-6-21(20)34-25)32-22(27(39)40)14-29-24(38)8-7-23(37)16-9-17(11-18(35)10-16)33-28-30-12-19(36)13-31-28/h3-6,9-11,15,19,22-23,26,32,35-37H,7-8,12-14H2,1-2H3,(H,29,38)(H,39,40)(H2,30,31,33). The molecule has 0 aliphatic carbocycles. The number of phenolic OH excluding ortho intramolecular Hbond substituents is 1. The molecule has 0 aromatic heterocycles. The van der Waals surface area contributed by atoms with Crippen molar-refractivity contribution in [1.82, 2.24) is 16.0 Å². The Morgan fingerprint density at radius 1 is 1.22 bits per heavy atom. The lowest BCUT2D eigenvalue weighted by Gasteiger charge is -2.24. The number of carbonyl (C=O) groups excluding carboxylic acids is 1. The van der Waals surface area contributed by atoms with Crippen LogP contribution in [0.15, 0.2) is 52.4 Å². The molecule has 0 saturated heterocycles. The molecule has 0 spiro atoms. The Morgan fingerprint density at radius 3 is 2.71 bits per heavy atom. The van der Waals surface area contributed by atoms with E-state index < -0.39 is 42.3 Å². The number of amides is 1. The molecule has 0 saturated carbocycles. The van der Waals surface area contributed by atoms with Crippen molar-refractivity contribution in [3.63, 3.8) is 0 Å². The van der Waals surface area contributed by atoms with Crippen LogP contribution in [-0.4, -0.2) is 88.9 Å². The van der Waals surface area contributed by atoms with Crippen LogP contribution in [0.1, 0.15) is 43.1 Å². The summed E-state index contributed by atoms with van der Waals surface area (Å²) in [5.41, 5.74) is 3.20. The molecule has 2 aliphatic heterocycles. The predicted molar refractivity (Wildman–Crippen MR) is 153 cm³/mol. The van der Waals surface area contributed by atoms with E-state index in [0.717, 1.165) is 11.3 Å². The third-order valence-electron chi connectivity index (χ3n) is 6.87. The number of hydrogen-bond donors (Lipinski definition) is 8. The maximum atomic E-state index is 12.5. The van der Waals surface area contributed by atoms with E-state index in [9.17, 15) is 30.0 Å². The van der Waals surface area contributed by atoms with Crippen LogP contribution >= 0.6 is 0 Å². The van der Waals surface area contributed by atoms with Crippen LogP contribution in [-0.2, 0) is 14.3 Å². The number of nitrogens with one attached hydrogen (secondary N) is 4. The van der Waals surface area contributed by atoms with Crippen LogP contribution in [0.5, 0.6) is 5.75 Å². The topological polar surface area (TPSA) is 197 Å². The van der Waals surface area contributed by atoms with Crippen LogP contribution < -0.4 is 21.3 Å². The van der Waals surface area contributed by atoms with E-state index in [-0.39, 0.29) is 31.7 Å². The monoisotopic (exact) mass is 568 g/mol. The number of aliphatic hydroxyl groups excluding tert-OH is 2. The van der Waals surface area contributed by atoms with E-state index in [1.807, 2.05) is 24.3 Å². The number of carboxylic acids is 1. The van der Waals surface area contributed by atoms with Gasteiger partial charge in [0.05, 0.1) is 30.2 Å². The number of phenols is 1. The molecule has 220 valence electrons. The fraction of sp³-hybridized carbons (Fsp3) is 0.429. The molecule has 41 heavy (non-hydrogen) atoms. The van der Waals surface area contributed by atoms with Crippen molar-refractivity contribution in [2.75, 3.05) is 32.1 Å². The summed E-state index contributed by atoms with van der Waals surface area (Å²) in [6.45, 7) is 2.20. The van der Waals surface area contributed by atoms with Gasteiger partial charge in [0.25, 0.3) is 0 Å². The van der Waals surface area contributed by atoms with Crippen LogP contribution in [0.4, 0.5) is 11.4 Å². The third kappa shape index (κ3) is 7.79. The van der Waals surface area contributed by atoms with Crippen molar-refractivity contribution in [2.45, 2.75) is 50.2 Å². The first-order chi connectivity index (χ1) is 19.6. The average Bonchev–Trinajstić information content (AvgIpc) is 3.33. The molecule has 2 aromatic carbocycles. The highest BCUT2D eigenvalue weighted by molar-refractivity contribution is 6.00. The summed E-state index contributed by atoms with van der Waals surface area (Å²) in [4.78, 5) is 33.2. The van der Waals surface area contributed by atoms with Crippen LogP contribution in [0, 0.1) is 0 Å². The number of fused-ring (bicyclic) bond motifs is 1. The number of benzene rings is 2. The van der Waals surface area contributed by atoms with E-state index in [0.29, 0.717) is 29.5 Å². The molecular weight excluding hydrogens is 532 g/mol. The summed E-state index contributed by atoms with van der Waals surface area (Å²) in [5.74, 6) is -1.21. The number of carbonyl (C=O) groups is 2. The molecule has 2 heterocycles. The molecule has 5 atom stereocenters. The zero-order valence-corrected chi connectivity index (χ0v) is 22.9. The summed E-state index contributed by atoms with van der Waals surface area (Å²) >= 11 is 0. The van der Waals surface area contributed by atoms with E-state index in [1.165, 1.54) is 12.1 Å². The van der Waals surface area contributed by atoms with Gasteiger partial charge in [0.2, 0.25) is 5.91 Å². The van der Waals surface area contributed by atoms with Gasteiger partial charge in [0.1, 0.15) is 17.9 Å². The molecule has 0 fully saturated rings. The summed E-state index contributed by atoms with van der Waals surface area (Å²) in [6.07, 6.45) is -2.04. The summed E-state index contributed by atoms with van der Waals surface area (Å²) in [6, 6.07) is 10.5. The number of aliphatic hydroxyl groups is 2. The van der Waals surface area contributed by atoms with Crippen molar-refractivity contribution in [1.29, 1.82) is 0 Å². The van der Waals surface area contributed by atoms with Crippen LogP contribution in [0.3, 0.4) is 0 Å². The number of guanidine groups is 1. The fourth-order valence-corrected chi connectivity index (χ4v) is 4.73.